The zero-order chi connectivity index (χ0) is 13.1. The summed E-state index contributed by atoms with van der Waals surface area (Å²) in [4.78, 5) is 1.26. The van der Waals surface area contributed by atoms with Crippen LogP contribution in [-0.4, -0.2) is 0 Å². The van der Waals surface area contributed by atoms with E-state index in [1.807, 2.05) is 0 Å². The van der Waals surface area contributed by atoms with Crippen molar-refractivity contribution >= 4 is 22.9 Å². The van der Waals surface area contributed by atoms with E-state index in [2.05, 4.69) is 56.5 Å². The zero-order valence-electron chi connectivity index (χ0n) is 11.1. The van der Waals surface area contributed by atoms with Crippen molar-refractivity contribution in [3.63, 3.8) is 0 Å². The molecule has 96 valence electrons. The molecule has 1 heterocycles. The van der Waals surface area contributed by atoms with E-state index in [1.165, 1.54) is 21.6 Å². The first-order chi connectivity index (χ1) is 8.58. The Morgan fingerprint density at radius 3 is 2.28 bits per heavy atom. The first kappa shape index (κ1) is 13.6. The second kappa shape index (κ2) is 5.90. The number of rotatable bonds is 4. The van der Waals surface area contributed by atoms with Crippen molar-refractivity contribution in [1.82, 2.24) is 0 Å². The summed E-state index contributed by atoms with van der Waals surface area (Å²) < 4.78 is 0. The highest BCUT2D eigenvalue weighted by Crippen LogP contribution is 2.34. The molecule has 1 aromatic heterocycles. The fourth-order valence-corrected chi connectivity index (χ4v) is 3.49. The molecule has 0 N–H and O–H groups in total. The number of benzene rings is 1. The summed E-state index contributed by atoms with van der Waals surface area (Å²) in [5.41, 5.74) is 3.86. The predicted octanol–water partition coefficient (Wildman–Crippen LogP) is 5.58. The van der Waals surface area contributed by atoms with E-state index in [0.717, 1.165) is 6.42 Å². The van der Waals surface area contributed by atoms with E-state index in [0.29, 0.717) is 5.92 Å². The van der Waals surface area contributed by atoms with Crippen LogP contribution in [0.3, 0.4) is 0 Å². The Kier molecular flexibility index (Phi) is 4.47. The molecule has 0 fully saturated rings. The topological polar surface area (TPSA) is 0 Å². The minimum absolute atomic E-state index is 0.0156. The summed E-state index contributed by atoms with van der Waals surface area (Å²) in [6.07, 6.45) is 1.13. The van der Waals surface area contributed by atoms with Gasteiger partial charge < -0.3 is 0 Å². The fraction of sp³-hybridized carbons (Fsp3) is 0.375. The summed E-state index contributed by atoms with van der Waals surface area (Å²) in [5.74, 6) is 0.696. The minimum Gasteiger partial charge on any atom is -0.147 e. The molecule has 0 nitrogen and oxygen atoms in total. The van der Waals surface area contributed by atoms with E-state index in [-0.39, 0.29) is 5.38 Å². The predicted molar refractivity (Wildman–Crippen MR) is 81.7 cm³/mol. The van der Waals surface area contributed by atoms with E-state index >= 15 is 0 Å². The Balaban J connectivity index is 2.17. The lowest BCUT2D eigenvalue weighted by Crippen LogP contribution is -1.96. The third-order valence-electron chi connectivity index (χ3n) is 3.05. The minimum atomic E-state index is -0.0156. The molecular weight excluding hydrogens is 260 g/mol. The van der Waals surface area contributed by atoms with E-state index in [9.17, 15) is 0 Å². The van der Waals surface area contributed by atoms with E-state index < -0.39 is 0 Å². The Bertz CT molecular complexity index is 496. The van der Waals surface area contributed by atoms with Gasteiger partial charge >= 0.3 is 0 Å². The second-order valence-corrected chi connectivity index (χ2v) is 6.55. The normalized spacial score (nSPS) is 12.9. The molecule has 18 heavy (non-hydrogen) atoms. The zero-order valence-corrected chi connectivity index (χ0v) is 12.7. The smallest absolute Gasteiger partial charge is 0.0930 e. The van der Waals surface area contributed by atoms with Crippen molar-refractivity contribution in [1.29, 1.82) is 0 Å². The van der Waals surface area contributed by atoms with Gasteiger partial charge in [0.1, 0.15) is 0 Å². The Hall–Kier alpha value is -0.790. The summed E-state index contributed by atoms with van der Waals surface area (Å²) in [6, 6.07) is 10.9. The third kappa shape index (κ3) is 3.15. The van der Waals surface area contributed by atoms with Crippen molar-refractivity contribution in [3.8, 4) is 0 Å². The standard InChI is InChI=1S/C16H19ClS/c1-11(2)10-13-4-6-14(7-5-13)15(17)16-12(3)8-9-18-16/h4-9,11,15H,10H2,1-3H3. The summed E-state index contributed by atoms with van der Waals surface area (Å²) >= 11 is 8.28. The summed E-state index contributed by atoms with van der Waals surface area (Å²) in [6.45, 7) is 6.61. The molecule has 0 bridgehead atoms. The fourth-order valence-electron chi connectivity index (χ4n) is 2.09. The van der Waals surface area contributed by atoms with Crippen LogP contribution in [0.4, 0.5) is 0 Å². The molecule has 0 aliphatic carbocycles. The number of hydrogen-bond acceptors (Lipinski definition) is 1. The molecular formula is C16H19ClS. The molecule has 0 spiro atoms. The van der Waals surface area contributed by atoms with Gasteiger partial charge in [0.2, 0.25) is 0 Å². The maximum Gasteiger partial charge on any atom is 0.0930 e. The quantitative estimate of drug-likeness (QED) is 0.640. The number of halogens is 1. The van der Waals surface area contributed by atoms with Crippen molar-refractivity contribution in [2.45, 2.75) is 32.6 Å². The van der Waals surface area contributed by atoms with Crippen molar-refractivity contribution < 1.29 is 0 Å². The van der Waals surface area contributed by atoms with Crippen LogP contribution in [0.5, 0.6) is 0 Å². The Labute approximate surface area is 119 Å². The molecule has 0 saturated carbocycles. The van der Waals surface area contributed by atoms with Gasteiger partial charge in [-0.05, 0) is 47.4 Å². The summed E-state index contributed by atoms with van der Waals surface area (Å²) in [7, 11) is 0. The SMILES string of the molecule is Cc1ccsc1C(Cl)c1ccc(CC(C)C)cc1. The van der Waals surface area contributed by atoms with Gasteiger partial charge in [-0.25, -0.2) is 0 Å². The first-order valence-corrected chi connectivity index (χ1v) is 7.66. The second-order valence-electron chi connectivity index (χ2n) is 5.17. The lowest BCUT2D eigenvalue weighted by molar-refractivity contribution is 0.647. The van der Waals surface area contributed by atoms with Crippen LogP contribution in [0.2, 0.25) is 0 Å². The lowest BCUT2D eigenvalue weighted by Gasteiger charge is -2.11. The van der Waals surface area contributed by atoms with E-state index in [1.54, 1.807) is 11.3 Å². The summed E-state index contributed by atoms with van der Waals surface area (Å²) in [5, 5.41) is 2.09. The molecule has 0 aliphatic rings. The van der Waals surface area contributed by atoms with Gasteiger partial charge in [0, 0.05) is 4.88 Å². The monoisotopic (exact) mass is 278 g/mol. The molecule has 0 aliphatic heterocycles. The largest absolute Gasteiger partial charge is 0.147 e. The molecule has 0 saturated heterocycles. The highest BCUT2D eigenvalue weighted by Gasteiger charge is 2.14. The number of alkyl halides is 1. The van der Waals surface area contributed by atoms with Gasteiger partial charge in [-0.1, -0.05) is 38.1 Å². The van der Waals surface area contributed by atoms with Gasteiger partial charge in [0.15, 0.2) is 0 Å². The van der Waals surface area contributed by atoms with Crippen LogP contribution < -0.4 is 0 Å². The van der Waals surface area contributed by atoms with Crippen LogP contribution in [0, 0.1) is 12.8 Å². The van der Waals surface area contributed by atoms with Gasteiger partial charge in [0.25, 0.3) is 0 Å². The molecule has 0 radical (unpaired) electrons. The average molecular weight is 279 g/mol. The maximum atomic E-state index is 6.55. The average Bonchev–Trinajstić information content (AvgIpc) is 2.75. The third-order valence-corrected chi connectivity index (χ3v) is 4.73. The van der Waals surface area contributed by atoms with Gasteiger partial charge in [-0.3, -0.25) is 0 Å². The van der Waals surface area contributed by atoms with Crippen molar-refractivity contribution in [2.75, 3.05) is 0 Å². The van der Waals surface area contributed by atoms with Crippen LogP contribution >= 0.6 is 22.9 Å². The molecule has 1 aromatic carbocycles. The molecule has 2 aromatic rings. The number of aryl methyl sites for hydroxylation is 1. The van der Waals surface area contributed by atoms with E-state index in [4.69, 9.17) is 11.6 Å². The maximum absolute atomic E-state index is 6.55. The molecule has 1 atom stereocenters. The first-order valence-electron chi connectivity index (χ1n) is 6.35. The Morgan fingerprint density at radius 2 is 1.78 bits per heavy atom. The van der Waals surface area contributed by atoms with Gasteiger partial charge in [-0.15, -0.1) is 22.9 Å². The molecule has 1 unspecified atom stereocenters. The van der Waals surface area contributed by atoms with Gasteiger partial charge in [0.05, 0.1) is 5.38 Å². The Morgan fingerprint density at radius 1 is 1.11 bits per heavy atom. The molecule has 2 heteroatoms. The highest BCUT2D eigenvalue weighted by atomic mass is 35.5. The van der Waals surface area contributed by atoms with Gasteiger partial charge in [-0.2, -0.15) is 0 Å². The highest BCUT2D eigenvalue weighted by molar-refractivity contribution is 7.10. The van der Waals surface area contributed by atoms with Crippen LogP contribution in [0.25, 0.3) is 0 Å². The van der Waals surface area contributed by atoms with Crippen LogP contribution in [0.1, 0.15) is 40.8 Å². The number of thiophene rings is 1. The number of hydrogen-bond donors (Lipinski definition) is 0. The van der Waals surface area contributed by atoms with Crippen molar-refractivity contribution in [3.05, 3.63) is 57.3 Å². The van der Waals surface area contributed by atoms with Crippen LogP contribution in [-0.2, 0) is 6.42 Å². The van der Waals surface area contributed by atoms with Crippen LogP contribution in [0.15, 0.2) is 35.7 Å². The van der Waals surface area contributed by atoms with Crippen molar-refractivity contribution in [2.24, 2.45) is 5.92 Å². The molecule has 2 rings (SSSR count). The molecule has 0 amide bonds. The lowest BCUT2D eigenvalue weighted by atomic mass is 10.0.